The van der Waals surface area contributed by atoms with Gasteiger partial charge in [0, 0.05) is 23.9 Å². The standard InChI is InChI=1S/C18H22N4O4S/c1-11(2)9-13-16(17(25)26)22-18(27-13)21-15(24)7-6-14(23)20-10-12-5-3-4-8-19-12/h3-5,8,11H,6-7,9-10H2,1-2H3,(H,20,23)(H,25,26)(H,21,22,24). The zero-order valence-corrected chi connectivity index (χ0v) is 16.0. The van der Waals surface area contributed by atoms with Gasteiger partial charge in [0.05, 0.1) is 12.2 Å². The number of rotatable bonds is 9. The number of amides is 2. The summed E-state index contributed by atoms with van der Waals surface area (Å²) in [5, 5.41) is 14.7. The molecule has 0 spiro atoms. The number of aromatic nitrogens is 2. The maximum atomic E-state index is 12.0. The number of hydrogen-bond donors (Lipinski definition) is 3. The first-order chi connectivity index (χ1) is 12.8. The fraction of sp³-hybridized carbons (Fsp3) is 0.389. The predicted molar refractivity (Wildman–Crippen MR) is 102 cm³/mol. The van der Waals surface area contributed by atoms with Gasteiger partial charge in [0.2, 0.25) is 11.8 Å². The molecule has 0 fully saturated rings. The van der Waals surface area contributed by atoms with E-state index >= 15 is 0 Å². The molecule has 0 aliphatic carbocycles. The van der Waals surface area contributed by atoms with Crippen LogP contribution < -0.4 is 10.6 Å². The molecule has 2 heterocycles. The molecule has 0 aromatic carbocycles. The highest BCUT2D eigenvalue weighted by atomic mass is 32.1. The van der Waals surface area contributed by atoms with Gasteiger partial charge < -0.3 is 15.7 Å². The van der Waals surface area contributed by atoms with Gasteiger partial charge in [-0.05, 0) is 24.5 Å². The fourth-order valence-corrected chi connectivity index (χ4v) is 3.45. The Kier molecular flexibility index (Phi) is 7.42. The van der Waals surface area contributed by atoms with Crippen LogP contribution in [-0.2, 0) is 22.6 Å². The Balaban J connectivity index is 1.83. The SMILES string of the molecule is CC(C)Cc1sc(NC(=O)CCC(=O)NCc2ccccn2)nc1C(=O)O. The summed E-state index contributed by atoms with van der Waals surface area (Å²) >= 11 is 1.15. The van der Waals surface area contributed by atoms with E-state index in [9.17, 15) is 19.5 Å². The third-order valence-electron chi connectivity index (χ3n) is 3.51. The van der Waals surface area contributed by atoms with Gasteiger partial charge in [-0.25, -0.2) is 9.78 Å². The minimum atomic E-state index is -1.11. The zero-order valence-electron chi connectivity index (χ0n) is 15.2. The molecule has 144 valence electrons. The second kappa shape index (κ2) is 9.77. The van der Waals surface area contributed by atoms with Crippen molar-refractivity contribution < 1.29 is 19.5 Å². The lowest BCUT2D eigenvalue weighted by molar-refractivity contribution is -0.124. The van der Waals surface area contributed by atoms with E-state index in [0.29, 0.717) is 17.8 Å². The van der Waals surface area contributed by atoms with Gasteiger partial charge >= 0.3 is 5.97 Å². The summed E-state index contributed by atoms with van der Waals surface area (Å²) in [4.78, 5) is 43.8. The molecule has 0 saturated carbocycles. The quantitative estimate of drug-likeness (QED) is 0.605. The molecule has 2 aromatic heterocycles. The number of nitrogens with one attached hydrogen (secondary N) is 2. The van der Waals surface area contributed by atoms with Crippen LogP contribution in [0.1, 0.15) is 47.7 Å². The van der Waals surface area contributed by atoms with E-state index in [1.165, 1.54) is 0 Å². The van der Waals surface area contributed by atoms with Gasteiger partial charge in [-0.1, -0.05) is 19.9 Å². The molecule has 0 saturated heterocycles. The molecule has 8 nitrogen and oxygen atoms in total. The summed E-state index contributed by atoms with van der Waals surface area (Å²) in [5.74, 6) is -1.49. The summed E-state index contributed by atoms with van der Waals surface area (Å²) < 4.78 is 0. The molecule has 2 amide bonds. The van der Waals surface area contributed by atoms with Crippen molar-refractivity contribution in [1.82, 2.24) is 15.3 Å². The number of aromatic carboxylic acids is 1. The summed E-state index contributed by atoms with van der Waals surface area (Å²) in [7, 11) is 0. The smallest absolute Gasteiger partial charge is 0.355 e. The number of carboxylic acid groups (broad SMARTS) is 1. The molecule has 0 aliphatic heterocycles. The number of carbonyl (C=O) groups is 3. The van der Waals surface area contributed by atoms with E-state index in [0.717, 1.165) is 17.0 Å². The second-order valence-electron chi connectivity index (χ2n) is 6.34. The predicted octanol–water partition coefficient (Wildman–Crippen LogP) is 2.47. The zero-order chi connectivity index (χ0) is 19.8. The minimum Gasteiger partial charge on any atom is -0.476 e. The van der Waals surface area contributed by atoms with Crippen molar-refractivity contribution in [1.29, 1.82) is 0 Å². The topological polar surface area (TPSA) is 121 Å². The summed E-state index contributed by atoms with van der Waals surface area (Å²) in [6.45, 7) is 4.26. The van der Waals surface area contributed by atoms with Gasteiger partial charge in [0.15, 0.2) is 10.8 Å². The molecular formula is C18H22N4O4S. The maximum Gasteiger partial charge on any atom is 0.355 e. The average Bonchev–Trinajstić information content (AvgIpc) is 3.00. The Bertz CT molecular complexity index is 805. The Hall–Kier alpha value is -2.81. The first-order valence-electron chi connectivity index (χ1n) is 8.54. The van der Waals surface area contributed by atoms with Crippen molar-refractivity contribution >= 4 is 34.3 Å². The highest BCUT2D eigenvalue weighted by Crippen LogP contribution is 2.26. The van der Waals surface area contributed by atoms with E-state index in [1.54, 1.807) is 18.3 Å². The molecular weight excluding hydrogens is 368 g/mol. The first-order valence-corrected chi connectivity index (χ1v) is 9.36. The number of thiazole rings is 1. The van der Waals surface area contributed by atoms with Crippen LogP contribution in [0.2, 0.25) is 0 Å². The normalized spacial score (nSPS) is 10.6. The van der Waals surface area contributed by atoms with Crippen molar-refractivity contribution in [2.45, 2.75) is 39.7 Å². The Morgan fingerprint density at radius 2 is 1.93 bits per heavy atom. The third kappa shape index (κ3) is 6.78. The third-order valence-corrected chi connectivity index (χ3v) is 4.50. The average molecular weight is 390 g/mol. The molecule has 27 heavy (non-hydrogen) atoms. The lowest BCUT2D eigenvalue weighted by Crippen LogP contribution is -2.24. The second-order valence-corrected chi connectivity index (χ2v) is 7.42. The van der Waals surface area contributed by atoms with Crippen molar-refractivity contribution in [3.05, 3.63) is 40.7 Å². The van der Waals surface area contributed by atoms with Crippen LogP contribution in [0, 0.1) is 5.92 Å². The molecule has 0 bridgehead atoms. The number of nitrogens with zero attached hydrogens (tertiary/aromatic N) is 2. The van der Waals surface area contributed by atoms with Crippen LogP contribution in [-0.4, -0.2) is 32.9 Å². The largest absolute Gasteiger partial charge is 0.476 e. The van der Waals surface area contributed by atoms with Crippen molar-refractivity contribution in [3.63, 3.8) is 0 Å². The van der Waals surface area contributed by atoms with Gasteiger partial charge in [-0.3, -0.25) is 14.6 Å². The van der Waals surface area contributed by atoms with Gasteiger partial charge in [0.1, 0.15) is 0 Å². The summed E-state index contributed by atoms with van der Waals surface area (Å²) in [6, 6.07) is 5.41. The molecule has 0 aliphatic rings. The Labute approximate surface area is 161 Å². The fourth-order valence-electron chi connectivity index (χ4n) is 2.27. The summed E-state index contributed by atoms with van der Waals surface area (Å²) in [6.07, 6.45) is 2.22. The van der Waals surface area contributed by atoms with Crippen LogP contribution in [0.25, 0.3) is 0 Å². The highest BCUT2D eigenvalue weighted by Gasteiger charge is 2.19. The molecule has 2 rings (SSSR count). The molecule has 0 unspecified atom stereocenters. The van der Waals surface area contributed by atoms with E-state index in [2.05, 4.69) is 20.6 Å². The van der Waals surface area contributed by atoms with Crippen LogP contribution in [0.5, 0.6) is 0 Å². The van der Waals surface area contributed by atoms with Crippen LogP contribution in [0.4, 0.5) is 5.13 Å². The number of carbonyl (C=O) groups excluding carboxylic acids is 2. The minimum absolute atomic E-state index is 0.0183. The van der Waals surface area contributed by atoms with Crippen molar-refractivity contribution in [2.24, 2.45) is 5.92 Å². The summed E-state index contributed by atoms with van der Waals surface area (Å²) in [5.41, 5.74) is 0.703. The lowest BCUT2D eigenvalue weighted by atomic mass is 10.1. The monoisotopic (exact) mass is 390 g/mol. The molecule has 9 heteroatoms. The highest BCUT2D eigenvalue weighted by molar-refractivity contribution is 7.16. The van der Waals surface area contributed by atoms with Crippen LogP contribution in [0.3, 0.4) is 0 Å². The van der Waals surface area contributed by atoms with Gasteiger partial charge in [-0.15, -0.1) is 11.3 Å². The van der Waals surface area contributed by atoms with E-state index in [1.807, 2.05) is 19.9 Å². The maximum absolute atomic E-state index is 12.0. The molecule has 0 radical (unpaired) electrons. The molecule has 0 atom stereocenters. The van der Waals surface area contributed by atoms with E-state index in [4.69, 9.17) is 0 Å². The van der Waals surface area contributed by atoms with E-state index in [-0.39, 0.29) is 41.4 Å². The lowest BCUT2D eigenvalue weighted by Gasteiger charge is -2.04. The van der Waals surface area contributed by atoms with Gasteiger partial charge in [0.25, 0.3) is 0 Å². The van der Waals surface area contributed by atoms with Crippen molar-refractivity contribution in [2.75, 3.05) is 5.32 Å². The van der Waals surface area contributed by atoms with Gasteiger partial charge in [-0.2, -0.15) is 0 Å². The molecule has 2 aromatic rings. The molecule has 3 N–H and O–H groups in total. The Morgan fingerprint density at radius 1 is 1.19 bits per heavy atom. The van der Waals surface area contributed by atoms with Crippen LogP contribution >= 0.6 is 11.3 Å². The van der Waals surface area contributed by atoms with E-state index < -0.39 is 5.97 Å². The Morgan fingerprint density at radius 3 is 2.56 bits per heavy atom. The first kappa shape index (κ1) is 20.5. The van der Waals surface area contributed by atoms with Crippen LogP contribution in [0.15, 0.2) is 24.4 Å². The number of pyridine rings is 1. The number of carboxylic acids is 1. The number of anilines is 1. The number of hydrogen-bond acceptors (Lipinski definition) is 6. The van der Waals surface area contributed by atoms with Crippen molar-refractivity contribution in [3.8, 4) is 0 Å².